The van der Waals surface area contributed by atoms with Crippen molar-refractivity contribution >= 4 is 22.9 Å². The molecule has 0 unspecified atom stereocenters. The van der Waals surface area contributed by atoms with Gasteiger partial charge in [-0.1, -0.05) is 5.21 Å². The number of ether oxygens (including phenoxy) is 1. The molecule has 1 amide bonds. The van der Waals surface area contributed by atoms with Crippen LogP contribution < -0.4 is 0 Å². The van der Waals surface area contributed by atoms with E-state index in [9.17, 15) is 14.7 Å². The SMILES string of the molecule is Cn1nnc2cc(C(=O)N3C[C@H]4COCC[C@@]4(C(=O)O)C3)ccc21. The molecule has 8 heteroatoms. The monoisotopic (exact) mass is 330 g/mol. The maximum Gasteiger partial charge on any atom is 0.311 e. The lowest BCUT2D eigenvalue weighted by atomic mass is 9.74. The number of rotatable bonds is 2. The smallest absolute Gasteiger partial charge is 0.311 e. The molecule has 3 heterocycles. The number of aryl methyl sites for hydroxylation is 1. The largest absolute Gasteiger partial charge is 0.481 e. The van der Waals surface area contributed by atoms with Crippen LogP contribution in [0.3, 0.4) is 0 Å². The zero-order valence-electron chi connectivity index (χ0n) is 13.3. The van der Waals surface area contributed by atoms with Crippen LogP contribution in [0.25, 0.3) is 11.0 Å². The minimum atomic E-state index is -0.884. The summed E-state index contributed by atoms with van der Waals surface area (Å²) >= 11 is 0. The van der Waals surface area contributed by atoms with Gasteiger partial charge in [-0.2, -0.15) is 0 Å². The molecule has 2 aromatic rings. The summed E-state index contributed by atoms with van der Waals surface area (Å²) in [6.45, 7) is 1.45. The Morgan fingerprint density at radius 1 is 1.42 bits per heavy atom. The normalized spacial score (nSPS) is 26.5. The third kappa shape index (κ3) is 2.10. The van der Waals surface area contributed by atoms with Crippen molar-refractivity contribution in [2.24, 2.45) is 18.4 Å². The minimum absolute atomic E-state index is 0.159. The molecular weight excluding hydrogens is 312 g/mol. The number of hydrogen-bond donors (Lipinski definition) is 1. The van der Waals surface area contributed by atoms with Crippen LogP contribution in [0.4, 0.5) is 0 Å². The van der Waals surface area contributed by atoms with Gasteiger partial charge in [-0.25, -0.2) is 4.68 Å². The van der Waals surface area contributed by atoms with E-state index in [0.29, 0.717) is 37.3 Å². The standard InChI is InChI=1S/C16H18N4O4/c1-19-13-3-2-10(6-12(13)17-18-19)14(21)20-7-11-8-24-5-4-16(11,9-20)15(22)23/h2-3,6,11H,4-5,7-9H2,1H3,(H,22,23)/t11-,16+/m0/s1. The predicted octanol–water partition coefficient (Wildman–Crippen LogP) is 0.532. The lowest BCUT2D eigenvalue weighted by Gasteiger charge is -2.33. The van der Waals surface area contributed by atoms with Crippen LogP contribution in [0, 0.1) is 11.3 Å². The van der Waals surface area contributed by atoms with E-state index in [2.05, 4.69) is 10.3 Å². The third-order valence-corrected chi connectivity index (χ3v) is 5.28. The Balaban J connectivity index is 1.63. The van der Waals surface area contributed by atoms with Gasteiger partial charge < -0.3 is 14.7 Å². The molecule has 2 aliphatic rings. The first-order chi connectivity index (χ1) is 11.5. The number of carbonyl (C=O) groups excluding carboxylic acids is 1. The van der Waals surface area contributed by atoms with E-state index in [1.165, 1.54) is 0 Å². The number of aromatic nitrogens is 3. The summed E-state index contributed by atoms with van der Waals surface area (Å²) in [5, 5.41) is 17.7. The van der Waals surface area contributed by atoms with E-state index in [1.807, 2.05) is 6.07 Å². The zero-order valence-corrected chi connectivity index (χ0v) is 13.3. The average Bonchev–Trinajstić information content (AvgIpc) is 3.16. The number of fused-ring (bicyclic) bond motifs is 2. The van der Waals surface area contributed by atoms with Crippen molar-refractivity contribution in [3.8, 4) is 0 Å². The fraction of sp³-hybridized carbons (Fsp3) is 0.500. The van der Waals surface area contributed by atoms with Crippen molar-refractivity contribution in [3.05, 3.63) is 23.8 Å². The molecule has 2 aliphatic heterocycles. The molecule has 2 atom stereocenters. The molecule has 0 saturated carbocycles. The summed E-state index contributed by atoms with van der Waals surface area (Å²) in [7, 11) is 1.79. The molecule has 2 fully saturated rings. The summed E-state index contributed by atoms with van der Waals surface area (Å²) in [6, 6.07) is 5.25. The summed E-state index contributed by atoms with van der Waals surface area (Å²) < 4.78 is 7.07. The van der Waals surface area contributed by atoms with Crippen LogP contribution in [-0.2, 0) is 16.6 Å². The lowest BCUT2D eigenvalue weighted by molar-refractivity contribution is -0.157. The number of benzene rings is 1. The Morgan fingerprint density at radius 2 is 2.25 bits per heavy atom. The van der Waals surface area contributed by atoms with Gasteiger partial charge in [-0.05, 0) is 24.6 Å². The Hall–Kier alpha value is -2.48. The van der Waals surface area contributed by atoms with Crippen LogP contribution >= 0.6 is 0 Å². The number of hydrogen-bond acceptors (Lipinski definition) is 5. The second kappa shape index (κ2) is 5.27. The van der Waals surface area contributed by atoms with Crippen LogP contribution in [0.2, 0.25) is 0 Å². The Labute approximate surface area is 138 Å². The molecule has 126 valence electrons. The Kier molecular flexibility index (Phi) is 3.31. The fourth-order valence-electron chi connectivity index (χ4n) is 3.81. The molecule has 1 aromatic heterocycles. The third-order valence-electron chi connectivity index (χ3n) is 5.28. The maximum atomic E-state index is 12.8. The van der Waals surface area contributed by atoms with Gasteiger partial charge in [0.1, 0.15) is 5.52 Å². The first-order valence-electron chi connectivity index (χ1n) is 7.91. The van der Waals surface area contributed by atoms with E-state index in [1.54, 1.807) is 28.8 Å². The quantitative estimate of drug-likeness (QED) is 0.863. The van der Waals surface area contributed by atoms with Gasteiger partial charge in [0.25, 0.3) is 5.91 Å². The van der Waals surface area contributed by atoms with Crippen molar-refractivity contribution in [2.45, 2.75) is 6.42 Å². The first-order valence-corrected chi connectivity index (χ1v) is 7.91. The van der Waals surface area contributed by atoms with Crippen molar-refractivity contribution in [1.82, 2.24) is 19.9 Å². The van der Waals surface area contributed by atoms with E-state index >= 15 is 0 Å². The van der Waals surface area contributed by atoms with Gasteiger partial charge in [0.2, 0.25) is 0 Å². The molecule has 0 bridgehead atoms. The Bertz CT molecular complexity index is 833. The highest BCUT2D eigenvalue weighted by molar-refractivity contribution is 5.98. The van der Waals surface area contributed by atoms with Gasteiger partial charge in [-0.3, -0.25) is 9.59 Å². The summed E-state index contributed by atoms with van der Waals surface area (Å²) in [4.78, 5) is 26.3. The second-order valence-corrected chi connectivity index (χ2v) is 6.59. The molecule has 2 saturated heterocycles. The molecule has 0 spiro atoms. The highest BCUT2D eigenvalue weighted by Gasteiger charge is 2.54. The highest BCUT2D eigenvalue weighted by atomic mass is 16.5. The summed E-state index contributed by atoms with van der Waals surface area (Å²) in [5.74, 6) is -1.17. The van der Waals surface area contributed by atoms with E-state index < -0.39 is 11.4 Å². The number of carboxylic acids is 1. The molecule has 0 aliphatic carbocycles. The first kappa shape index (κ1) is 15.1. The topological polar surface area (TPSA) is 97.5 Å². The molecule has 0 radical (unpaired) electrons. The fourth-order valence-corrected chi connectivity index (χ4v) is 3.81. The summed E-state index contributed by atoms with van der Waals surface area (Å²) in [5.41, 5.74) is 1.11. The molecule has 1 N–H and O–H groups in total. The van der Waals surface area contributed by atoms with Crippen molar-refractivity contribution in [3.63, 3.8) is 0 Å². The minimum Gasteiger partial charge on any atom is -0.481 e. The molecule has 24 heavy (non-hydrogen) atoms. The van der Waals surface area contributed by atoms with E-state index in [0.717, 1.165) is 5.52 Å². The second-order valence-electron chi connectivity index (χ2n) is 6.59. The number of amides is 1. The van der Waals surface area contributed by atoms with Gasteiger partial charge in [0.05, 0.1) is 17.5 Å². The maximum absolute atomic E-state index is 12.8. The van der Waals surface area contributed by atoms with E-state index in [4.69, 9.17) is 4.74 Å². The Morgan fingerprint density at radius 3 is 3.00 bits per heavy atom. The average molecular weight is 330 g/mol. The van der Waals surface area contributed by atoms with Crippen molar-refractivity contribution in [2.75, 3.05) is 26.3 Å². The zero-order chi connectivity index (χ0) is 16.9. The molecule has 4 rings (SSSR count). The van der Waals surface area contributed by atoms with Crippen LogP contribution in [0.1, 0.15) is 16.8 Å². The number of aliphatic carboxylic acids is 1. The molecule has 8 nitrogen and oxygen atoms in total. The number of likely N-dealkylation sites (tertiary alicyclic amines) is 1. The van der Waals surface area contributed by atoms with Gasteiger partial charge >= 0.3 is 5.97 Å². The predicted molar refractivity (Wildman–Crippen MR) is 83.4 cm³/mol. The van der Waals surface area contributed by atoms with Gasteiger partial charge in [0, 0.05) is 38.2 Å². The van der Waals surface area contributed by atoms with Crippen molar-refractivity contribution < 1.29 is 19.4 Å². The highest BCUT2D eigenvalue weighted by Crippen LogP contribution is 2.42. The number of carboxylic acid groups (broad SMARTS) is 1. The number of carbonyl (C=O) groups is 2. The van der Waals surface area contributed by atoms with Gasteiger partial charge in [-0.15, -0.1) is 5.10 Å². The van der Waals surface area contributed by atoms with Crippen LogP contribution in [0.5, 0.6) is 0 Å². The van der Waals surface area contributed by atoms with Crippen LogP contribution in [-0.4, -0.2) is 63.2 Å². The van der Waals surface area contributed by atoms with Crippen molar-refractivity contribution in [1.29, 1.82) is 0 Å². The van der Waals surface area contributed by atoms with E-state index in [-0.39, 0.29) is 18.4 Å². The van der Waals surface area contributed by atoms with Crippen LogP contribution in [0.15, 0.2) is 18.2 Å². The number of nitrogens with zero attached hydrogens (tertiary/aromatic N) is 4. The molecular formula is C16H18N4O4. The molecule has 1 aromatic carbocycles. The summed E-state index contributed by atoms with van der Waals surface area (Å²) in [6.07, 6.45) is 0.444. The van der Waals surface area contributed by atoms with Gasteiger partial charge in [0.15, 0.2) is 0 Å². The lowest BCUT2D eigenvalue weighted by Crippen LogP contribution is -2.45.